The Labute approximate surface area is 193 Å². The number of carbonyl (C=O) groups is 1. The number of benzene rings is 1. The van der Waals surface area contributed by atoms with Gasteiger partial charge < -0.3 is 15.4 Å². The summed E-state index contributed by atoms with van der Waals surface area (Å²) in [4.78, 5) is 21.4. The highest BCUT2D eigenvalue weighted by atomic mass is 127. The van der Waals surface area contributed by atoms with Gasteiger partial charge in [0.25, 0.3) is 0 Å². The number of thiazole rings is 1. The lowest BCUT2D eigenvalue weighted by Crippen LogP contribution is -2.37. The van der Waals surface area contributed by atoms with Crippen LogP contribution < -0.4 is 16.0 Å². The van der Waals surface area contributed by atoms with E-state index in [0.717, 1.165) is 29.5 Å². The van der Waals surface area contributed by atoms with E-state index in [1.165, 1.54) is 4.88 Å². The molecule has 1 amide bonds. The minimum atomic E-state index is -0.513. The Bertz CT molecular complexity index is 800. The van der Waals surface area contributed by atoms with Crippen molar-refractivity contribution in [1.29, 1.82) is 0 Å². The summed E-state index contributed by atoms with van der Waals surface area (Å²) >= 11 is 1.67. The van der Waals surface area contributed by atoms with Gasteiger partial charge in [0.2, 0.25) is 0 Å². The normalized spacial score (nSPS) is 11.4. The van der Waals surface area contributed by atoms with Crippen LogP contribution in [0.15, 0.2) is 35.5 Å². The summed E-state index contributed by atoms with van der Waals surface area (Å²) in [6, 6.07) is 7.73. The van der Waals surface area contributed by atoms with E-state index >= 15 is 0 Å². The van der Waals surface area contributed by atoms with Crippen molar-refractivity contribution < 1.29 is 9.53 Å². The summed E-state index contributed by atoms with van der Waals surface area (Å²) in [5, 5.41) is 10.4. The van der Waals surface area contributed by atoms with Crippen molar-refractivity contribution in [2.45, 2.75) is 46.3 Å². The zero-order chi connectivity index (χ0) is 20.6. The Morgan fingerprint density at radius 1 is 1.21 bits per heavy atom. The molecule has 0 aliphatic heterocycles. The van der Waals surface area contributed by atoms with Gasteiger partial charge in [-0.25, -0.2) is 9.78 Å². The predicted octanol–water partition coefficient (Wildman–Crippen LogP) is 4.32. The number of halogens is 1. The number of anilines is 1. The molecule has 0 saturated carbocycles. The highest BCUT2D eigenvalue weighted by Gasteiger charge is 2.16. The molecule has 0 fully saturated rings. The second-order valence-corrected chi connectivity index (χ2v) is 8.59. The van der Waals surface area contributed by atoms with E-state index in [9.17, 15) is 4.79 Å². The number of amides is 1. The van der Waals surface area contributed by atoms with Crippen molar-refractivity contribution >= 4 is 53.1 Å². The second kappa shape index (κ2) is 12.0. The number of ether oxygens (including phenoxy) is 1. The molecule has 160 valence electrons. The zero-order valence-corrected chi connectivity index (χ0v) is 20.7. The van der Waals surface area contributed by atoms with Gasteiger partial charge in [-0.15, -0.1) is 35.3 Å². The Hall–Kier alpha value is -1.88. The van der Waals surface area contributed by atoms with Crippen molar-refractivity contribution in [3.8, 4) is 0 Å². The molecular weight excluding hydrogens is 501 g/mol. The summed E-state index contributed by atoms with van der Waals surface area (Å²) in [5.74, 6) is 0.759. The quantitative estimate of drug-likeness (QED) is 0.294. The van der Waals surface area contributed by atoms with Crippen LogP contribution in [0.1, 0.15) is 36.2 Å². The zero-order valence-electron chi connectivity index (χ0n) is 17.5. The number of carbonyl (C=O) groups excluding carboxylic acids is 1. The summed E-state index contributed by atoms with van der Waals surface area (Å²) in [6.45, 7) is 8.96. The van der Waals surface area contributed by atoms with E-state index in [2.05, 4.69) is 25.9 Å². The molecule has 0 aliphatic carbocycles. The first-order valence-electron chi connectivity index (χ1n) is 9.20. The van der Waals surface area contributed by atoms with Gasteiger partial charge in [0, 0.05) is 30.4 Å². The monoisotopic (exact) mass is 531 g/mol. The van der Waals surface area contributed by atoms with Gasteiger partial charge in [-0.05, 0) is 51.8 Å². The van der Waals surface area contributed by atoms with E-state index in [-0.39, 0.29) is 24.0 Å². The Morgan fingerprint density at radius 3 is 2.45 bits per heavy atom. The van der Waals surface area contributed by atoms with E-state index < -0.39 is 11.7 Å². The minimum absolute atomic E-state index is 0. The molecule has 2 rings (SSSR count). The molecule has 29 heavy (non-hydrogen) atoms. The smallest absolute Gasteiger partial charge is 0.412 e. The highest BCUT2D eigenvalue weighted by molar-refractivity contribution is 14.0. The van der Waals surface area contributed by atoms with Gasteiger partial charge in [-0.1, -0.05) is 12.1 Å². The Morgan fingerprint density at radius 2 is 1.90 bits per heavy atom. The standard InChI is InChI=1S/C20H29N5O2S.HI/c1-14-23-12-17(28-14)13-24-18(21-5)22-11-10-15-6-8-16(9-7-15)25-19(26)27-20(2,3)4;/h6-9,12H,10-11,13H2,1-5H3,(H,25,26)(H2,21,22,24);1H. The van der Waals surface area contributed by atoms with Gasteiger partial charge in [0.15, 0.2) is 5.96 Å². The van der Waals surface area contributed by atoms with Crippen LogP contribution >= 0.6 is 35.3 Å². The third-order valence-electron chi connectivity index (χ3n) is 3.63. The van der Waals surface area contributed by atoms with Crippen molar-refractivity contribution in [3.05, 3.63) is 45.9 Å². The van der Waals surface area contributed by atoms with E-state index in [0.29, 0.717) is 12.2 Å². The summed E-state index contributed by atoms with van der Waals surface area (Å²) in [5.41, 5.74) is 1.36. The van der Waals surface area contributed by atoms with Crippen LogP contribution in [0.2, 0.25) is 0 Å². The number of hydrogen-bond acceptors (Lipinski definition) is 5. The lowest BCUT2D eigenvalue weighted by molar-refractivity contribution is 0.0636. The number of rotatable bonds is 6. The van der Waals surface area contributed by atoms with Crippen LogP contribution in [0.4, 0.5) is 10.5 Å². The molecule has 1 aromatic heterocycles. The molecule has 0 saturated heterocycles. The van der Waals surface area contributed by atoms with E-state index in [1.807, 2.05) is 58.2 Å². The average Bonchev–Trinajstić information content (AvgIpc) is 3.03. The second-order valence-electron chi connectivity index (χ2n) is 7.27. The average molecular weight is 531 g/mol. The third-order valence-corrected chi connectivity index (χ3v) is 4.54. The Kier molecular flexibility index (Phi) is 10.4. The molecular formula is C20H30IN5O2S. The van der Waals surface area contributed by atoms with Crippen LogP contribution in [-0.4, -0.2) is 36.2 Å². The molecule has 0 atom stereocenters. The molecule has 0 radical (unpaired) electrons. The van der Waals surface area contributed by atoms with Gasteiger partial charge in [-0.3, -0.25) is 10.3 Å². The van der Waals surface area contributed by atoms with Crippen LogP contribution in [0.3, 0.4) is 0 Å². The fourth-order valence-corrected chi connectivity index (χ4v) is 3.11. The molecule has 0 spiro atoms. The Balaban J connectivity index is 0.00000420. The molecule has 2 aromatic rings. The fraction of sp³-hybridized carbons (Fsp3) is 0.450. The largest absolute Gasteiger partial charge is 0.444 e. The van der Waals surface area contributed by atoms with E-state index in [4.69, 9.17) is 4.74 Å². The summed E-state index contributed by atoms with van der Waals surface area (Å²) in [6.07, 6.45) is 2.27. The SMILES string of the molecule is CN=C(NCCc1ccc(NC(=O)OC(C)(C)C)cc1)NCc1cnc(C)s1.I. The number of aryl methyl sites for hydroxylation is 1. The third kappa shape index (κ3) is 9.93. The van der Waals surface area contributed by atoms with Gasteiger partial charge >= 0.3 is 6.09 Å². The van der Waals surface area contributed by atoms with Crippen LogP contribution in [0.5, 0.6) is 0 Å². The first-order chi connectivity index (χ1) is 13.2. The first-order valence-corrected chi connectivity index (χ1v) is 10.0. The van der Waals surface area contributed by atoms with Gasteiger partial charge in [0.05, 0.1) is 11.6 Å². The fourth-order valence-electron chi connectivity index (χ4n) is 2.38. The number of nitrogens with one attached hydrogen (secondary N) is 3. The maximum Gasteiger partial charge on any atom is 0.412 e. The number of hydrogen-bond donors (Lipinski definition) is 3. The molecule has 3 N–H and O–H groups in total. The maximum absolute atomic E-state index is 11.8. The summed E-state index contributed by atoms with van der Waals surface area (Å²) in [7, 11) is 1.75. The predicted molar refractivity (Wildman–Crippen MR) is 130 cm³/mol. The number of guanidine groups is 1. The minimum Gasteiger partial charge on any atom is -0.444 e. The first kappa shape index (κ1) is 25.2. The molecule has 7 nitrogen and oxygen atoms in total. The van der Waals surface area contributed by atoms with Crippen molar-refractivity contribution in [1.82, 2.24) is 15.6 Å². The number of nitrogens with zero attached hydrogens (tertiary/aromatic N) is 2. The van der Waals surface area contributed by atoms with Gasteiger partial charge in [0.1, 0.15) is 5.60 Å². The number of aliphatic imine (C=N–C) groups is 1. The molecule has 1 aromatic carbocycles. The molecule has 1 heterocycles. The van der Waals surface area contributed by atoms with E-state index in [1.54, 1.807) is 18.4 Å². The van der Waals surface area contributed by atoms with Gasteiger partial charge in [-0.2, -0.15) is 0 Å². The topological polar surface area (TPSA) is 87.6 Å². The summed E-state index contributed by atoms with van der Waals surface area (Å²) < 4.78 is 5.25. The number of aromatic nitrogens is 1. The molecule has 0 aliphatic rings. The maximum atomic E-state index is 11.8. The van der Waals surface area contributed by atoms with Crippen molar-refractivity contribution in [2.75, 3.05) is 18.9 Å². The molecule has 0 unspecified atom stereocenters. The van der Waals surface area contributed by atoms with Crippen molar-refractivity contribution in [3.63, 3.8) is 0 Å². The van der Waals surface area contributed by atoms with Crippen LogP contribution in [0.25, 0.3) is 0 Å². The van der Waals surface area contributed by atoms with Crippen LogP contribution in [-0.2, 0) is 17.7 Å². The molecule has 0 bridgehead atoms. The highest BCUT2D eigenvalue weighted by Crippen LogP contribution is 2.13. The lowest BCUT2D eigenvalue weighted by Gasteiger charge is -2.19. The molecule has 9 heteroatoms. The lowest BCUT2D eigenvalue weighted by atomic mass is 10.1. The van der Waals surface area contributed by atoms with Crippen LogP contribution in [0, 0.1) is 6.92 Å². The van der Waals surface area contributed by atoms with Crippen molar-refractivity contribution in [2.24, 2.45) is 4.99 Å².